The van der Waals surface area contributed by atoms with Gasteiger partial charge in [-0.05, 0) is 71.5 Å². The number of nitrogens with zero attached hydrogens (tertiary/aromatic N) is 2. The molecule has 0 bridgehead atoms. The minimum absolute atomic E-state index is 0.140. The lowest BCUT2D eigenvalue weighted by Crippen LogP contribution is -2.24. The summed E-state index contributed by atoms with van der Waals surface area (Å²) in [6, 6.07) is 39.0. The Bertz CT molecular complexity index is 2070. The summed E-state index contributed by atoms with van der Waals surface area (Å²) in [4.78, 5) is 2.52. The Morgan fingerprint density at radius 1 is 0.822 bits per heavy atom. The van der Waals surface area contributed by atoms with Gasteiger partial charge >= 0.3 is 0 Å². The predicted octanol–water partition coefficient (Wildman–Crippen LogP) is 10.3. The second-order valence-electron chi connectivity index (χ2n) is 11.9. The minimum atomic E-state index is 0.140. The topological polar surface area (TPSA) is 34.2 Å². The van der Waals surface area contributed by atoms with Gasteiger partial charge in [0.15, 0.2) is 0 Å². The third-order valence-electron chi connectivity index (χ3n) is 9.19. The van der Waals surface area contributed by atoms with Crippen molar-refractivity contribution >= 4 is 39.7 Å². The zero-order chi connectivity index (χ0) is 30.2. The summed E-state index contributed by atoms with van der Waals surface area (Å²) >= 11 is 0. The lowest BCUT2D eigenvalue weighted by atomic mass is 9.84. The van der Waals surface area contributed by atoms with Crippen LogP contribution in [0.1, 0.15) is 47.2 Å². The molecule has 2 heterocycles. The van der Waals surface area contributed by atoms with Crippen LogP contribution in [0.15, 0.2) is 163 Å². The summed E-state index contributed by atoms with van der Waals surface area (Å²) in [7, 11) is 0. The van der Waals surface area contributed by atoms with Gasteiger partial charge in [-0.2, -0.15) is 0 Å². The second-order valence-corrected chi connectivity index (χ2v) is 11.9. The minimum Gasteiger partial charge on any atom is -0.385 e. The lowest BCUT2D eigenvalue weighted by molar-refractivity contribution is 0.669. The van der Waals surface area contributed by atoms with Crippen molar-refractivity contribution in [3.05, 3.63) is 186 Å². The van der Waals surface area contributed by atoms with Crippen molar-refractivity contribution in [1.82, 2.24) is 4.57 Å². The van der Waals surface area contributed by atoms with E-state index in [4.69, 9.17) is 5.73 Å². The molecule has 0 radical (unpaired) electrons. The zero-order valence-electron chi connectivity index (χ0n) is 25.1. The van der Waals surface area contributed by atoms with Crippen LogP contribution in [-0.4, -0.2) is 4.57 Å². The van der Waals surface area contributed by atoms with Gasteiger partial charge in [-0.1, -0.05) is 127 Å². The molecule has 0 amide bonds. The van der Waals surface area contributed by atoms with Gasteiger partial charge in [-0.3, -0.25) is 4.57 Å². The summed E-state index contributed by atoms with van der Waals surface area (Å²) < 4.78 is 2.23. The van der Waals surface area contributed by atoms with Crippen molar-refractivity contribution < 1.29 is 0 Å². The standard InChI is InChI=1S/C42H35N3/c43-40(26-14-8-16-30-15-7-9-19-32(29-30)31-17-3-1-4-18-31)45-38-25-13-11-23-36(38)41-39(45)28-27-35-34-22-10-12-24-37(34)44(42(35)41)33-20-5-2-6-21-33/h1-6,8-15,17-29,35,42H,7,16,43H2/b14-8-,40-26+. The van der Waals surface area contributed by atoms with Crippen LogP contribution in [0.4, 0.5) is 11.4 Å². The molecule has 4 aromatic carbocycles. The monoisotopic (exact) mass is 581 g/mol. The Hall–Kier alpha value is -5.54. The van der Waals surface area contributed by atoms with Crippen molar-refractivity contribution in [2.75, 3.05) is 4.90 Å². The van der Waals surface area contributed by atoms with E-state index in [1.165, 1.54) is 44.6 Å². The normalized spacial score (nSPS) is 18.8. The zero-order valence-corrected chi connectivity index (χ0v) is 25.1. The number of rotatable bonds is 6. The first-order valence-electron chi connectivity index (χ1n) is 15.8. The van der Waals surface area contributed by atoms with Crippen molar-refractivity contribution in [2.45, 2.75) is 24.8 Å². The molecule has 0 saturated heterocycles. The number of aromatic nitrogens is 1. The van der Waals surface area contributed by atoms with E-state index in [9.17, 15) is 0 Å². The largest absolute Gasteiger partial charge is 0.385 e. The highest BCUT2D eigenvalue weighted by molar-refractivity contribution is 5.95. The number of hydrogen-bond acceptors (Lipinski definition) is 2. The summed E-state index contributed by atoms with van der Waals surface area (Å²) in [6.45, 7) is 0. The SMILES string of the molecule is N/C(=C\C=C/CC1=CCC=CC(c2ccccc2)=C1)n1c2c(c3ccccc31)C1C(C=C2)c2ccccc2N1c1ccccc1. The van der Waals surface area contributed by atoms with Gasteiger partial charge in [-0.25, -0.2) is 0 Å². The highest BCUT2D eigenvalue weighted by Gasteiger charge is 2.43. The molecule has 2 N–H and O–H groups in total. The molecule has 45 heavy (non-hydrogen) atoms. The van der Waals surface area contributed by atoms with E-state index in [-0.39, 0.29) is 12.0 Å². The molecule has 3 aliphatic rings. The van der Waals surface area contributed by atoms with Crippen LogP contribution in [0.5, 0.6) is 0 Å². The van der Waals surface area contributed by atoms with Gasteiger partial charge in [0, 0.05) is 28.2 Å². The fraction of sp³-hybridized carbons (Fsp3) is 0.0952. The van der Waals surface area contributed by atoms with Gasteiger partial charge in [0.1, 0.15) is 5.82 Å². The molecule has 8 rings (SSSR count). The number of nitrogens with two attached hydrogens (primary N) is 1. The van der Waals surface area contributed by atoms with Crippen molar-refractivity contribution in [3.8, 4) is 0 Å². The molecule has 1 aliphatic heterocycles. The molecule has 2 atom stereocenters. The first-order valence-corrected chi connectivity index (χ1v) is 15.8. The van der Waals surface area contributed by atoms with E-state index < -0.39 is 0 Å². The highest BCUT2D eigenvalue weighted by Crippen LogP contribution is 2.57. The first-order chi connectivity index (χ1) is 22.3. The number of anilines is 2. The van der Waals surface area contributed by atoms with Crippen LogP contribution >= 0.6 is 0 Å². The molecule has 2 unspecified atom stereocenters. The fourth-order valence-corrected chi connectivity index (χ4v) is 7.23. The summed E-state index contributed by atoms with van der Waals surface area (Å²) in [6.07, 6.45) is 21.8. The van der Waals surface area contributed by atoms with E-state index in [2.05, 4.69) is 167 Å². The molecule has 2 aliphatic carbocycles. The maximum Gasteiger partial charge on any atom is 0.108 e. The predicted molar refractivity (Wildman–Crippen MR) is 190 cm³/mol. The van der Waals surface area contributed by atoms with E-state index in [0.717, 1.165) is 24.1 Å². The number of fused-ring (bicyclic) bond motifs is 7. The Morgan fingerprint density at radius 2 is 1.58 bits per heavy atom. The summed E-state index contributed by atoms with van der Waals surface area (Å²) in [5, 5.41) is 1.25. The fourth-order valence-electron chi connectivity index (χ4n) is 7.23. The Balaban J connectivity index is 1.15. The van der Waals surface area contributed by atoms with Gasteiger partial charge in [0.2, 0.25) is 0 Å². The Kier molecular flexibility index (Phi) is 6.92. The molecule has 0 spiro atoms. The van der Waals surface area contributed by atoms with Crippen LogP contribution in [0.3, 0.4) is 0 Å². The summed E-state index contributed by atoms with van der Waals surface area (Å²) in [5.41, 5.74) is 18.2. The van der Waals surface area contributed by atoms with Crippen molar-refractivity contribution in [1.29, 1.82) is 0 Å². The molecule has 0 fully saturated rings. The third kappa shape index (κ3) is 4.78. The summed E-state index contributed by atoms with van der Waals surface area (Å²) in [5.74, 6) is 0.972. The van der Waals surface area contributed by atoms with E-state index >= 15 is 0 Å². The van der Waals surface area contributed by atoms with Gasteiger partial charge in [-0.15, -0.1) is 0 Å². The molecule has 0 saturated carbocycles. The molecule has 3 heteroatoms. The molecule has 218 valence electrons. The van der Waals surface area contributed by atoms with Gasteiger partial charge in [0.05, 0.1) is 17.3 Å². The quantitative estimate of drug-likeness (QED) is 0.202. The smallest absolute Gasteiger partial charge is 0.108 e. The average molecular weight is 582 g/mol. The number of allylic oxidation sites excluding steroid dienone is 9. The highest BCUT2D eigenvalue weighted by atomic mass is 15.2. The number of benzene rings is 4. The second kappa shape index (κ2) is 11.5. The van der Waals surface area contributed by atoms with Crippen LogP contribution in [-0.2, 0) is 0 Å². The first kappa shape index (κ1) is 27.0. The van der Waals surface area contributed by atoms with Crippen LogP contribution < -0.4 is 10.6 Å². The maximum absolute atomic E-state index is 6.93. The molecule has 1 aromatic heterocycles. The number of para-hydroxylation sites is 3. The van der Waals surface area contributed by atoms with E-state index in [0.29, 0.717) is 5.82 Å². The lowest BCUT2D eigenvalue weighted by Gasteiger charge is -2.32. The Labute approximate surface area is 264 Å². The molecular weight excluding hydrogens is 546 g/mol. The number of hydrogen-bond donors (Lipinski definition) is 1. The molecular formula is C42H35N3. The van der Waals surface area contributed by atoms with Gasteiger partial charge < -0.3 is 10.6 Å². The van der Waals surface area contributed by atoms with Crippen molar-refractivity contribution in [3.63, 3.8) is 0 Å². The maximum atomic E-state index is 6.93. The van der Waals surface area contributed by atoms with Crippen molar-refractivity contribution in [2.24, 2.45) is 5.73 Å². The third-order valence-corrected chi connectivity index (χ3v) is 9.19. The van der Waals surface area contributed by atoms with E-state index in [1.54, 1.807) is 0 Å². The molecule has 5 aromatic rings. The van der Waals surface area contributed by atoms with Crippen LogP contribution in [0, 0.1) is 0 Å². The average Bonchev–Trinajstić information content (AvgIpc) is 3.50. The van der Waals surface area contributed by atoms with Crippen LogP contribution in [0.25, 0.3) is 28.4 Å². The molecule has 3 nitrogen and oxygen atoms in total. The Morgan fingerprint density at radius 3 is 2.44 bits per heavy atom. The van der Waals surface area contributed by atoms with Gasteiger partial charge in [0.25, 0.3) is 0 Å². The van der Waals surface area contributed by atoms with E-state index in [1.807, 2.05) is 6.08 Å². The van der Waals surface area contributed by atoms with Crippen LogP contribution in [0.2, 0.25) is 0 Å².